The van der Waals surface area contributed by atoms with E-state index in [-0.39, 0.29) is 30.8 Å². The Hall–Kier alpha value is -3.54. The van der Waals surface area contributed by atoms with Crippen LogP contribution in [-0.2, 0) is 15.0 Å². The first-order chi connectivity index (χ1) is 15.8. The third-order valence-electron chi connectivity index (χ3n) is 6.42. The number of amides is 2. The van der Waals surface area contributed by atoms with Gasteiger partial charge >= 0.3 is 0 Å². The van der Waals surface area contributed by atoms with Gasteiger partial charge in [0.15, 0.2) is 0 Å². The lowest BCUT2D eigenvalue weighted by atomic mass is 9.91. The molecule has 2 aromatic rings. The quantitative estimate of drug-likeness (QED) is 0.649. The molecule has 2 atom stereocenters. The smallest absolute Gasteiger partial charge is 0.246 e. The average molecular weight is 454 g/mol. The Kier molecular flexibility index (Phi) is 6.02. The zero-order valence-electron chi connectivity index (χ0n) is 18.4. The number of rotatable bonds is 7. The number of hydrogen-bond donors (Lipinski definition) is 1. The molecule has 2 amide bonds. The van der Waals surface area contributed by atoms with Crippen molar-refractivity contribution in [2.75, 3.05) is 20.2 Å². The lowest BCUT2D eigenvalue weighted by molar-refractivity contribution is -0.132. The highest BCUT2D eigenvalue weighted by atomic mass is 19.1. The third-order valence-corrected chi connectivity index (χ3v) is 6.42. The second-order valence-corrected chi connectivity index (χ2v) is 8.65. The molecule has 0 radical (unpaired) electrons. The Morgan fingerprint density at radius 1 is 1.33 bits per heavy atom. The number of ether oxygens (including phenoxy) is 1. The van der Waals surface area contributed by atoms with Crippen LogP contribution in [0.5, 0.6) is 5.75 Å². The summed E-state index contributed by atoms with van der Waals surface area (Å²) in [5.41, 5.74) is 0.973. The minimum absolute atomic E-state index is 0.00821. The van der Waals surface area contributed by atoms with Crippen LogP contribution in [0.2, 0.25) is 0 Å². The summed E-state index contributed by atoms with van der Waals surface area (Å²) in [6.45, 7) is 1.56. The molecule has 1 aromatic heterocycles. The van der Waals surface area contributed by atoms with Crippen molar-refractivity contribution in [1.82, 2.24) is 15.2 Å². The minimum atomic E-state index is -1.18. The number of aromatic nitrogens is 1. The van der Waals surface area contributed by atoms with E-state index < -0.39 is 40.8 Å². The maximum atomic E-state index is 14.8. The number of methoxy groups -OCH3 is 1. The van der Waals surface area contributed by atoms with E-state index in [1.807, 2.05) is 31.2 Å². The van der Waals surface area contributed by atoms with Crippen LogP contribution in [0.3, 0.4) is 0 Å². The van der Waals surface area contributed by atoms with Gasteiger partial charge in [0.1, 0.15) is 30.0 Å². The number of nitrogens with zero attached hydrogens (tertiary/aromatic N) is 3. The number of likely N-dealkylation sites (tertiary alicyclic amines) is 1. The van der Waals surface area contributed by atoms with Gasteiger partial charge in [0.05, 0.1) is 13.2 Å². The van der Waals surface area contributed by atoms with Crippen LogP contribution in [0.4, 0.5) is 8.78 Å². The molecule has 2 aliphatic rings. The highest BCUT2D eigenvalue weighted by molar-refractivity contribution is 5.91. The van der Waals surface area contributed by atoms with Crippen LogP contribution in [0, 0.1) is 29.9 Å². The van der Waals surface area contributed by atoms with E-state index >= 15 is 0 Å². The molecule has 1 aliphatic carbocycles. The maximum absolute atomic E-state index is 14.8. The third kappa shape index (κ3) is 4.38. The van der Waals surface area contributed by atoms with Crippen LogP contribution in [-0.4, -0.2) is 47.9 Å². The van der Waals surface area contributed by atoms with Crippen LogP contribution >= 0.6 is 0 Å². The molecule has 1 N–H and O–H groups in total. The number of nitrogens with one attached hydrogen (secondary N) is 1. The van der Waals surface area contributed by atoms with Crippen molar-refractivity contribution in [2.45, 2.75) is 43.6 Å². The van der Waals surface area contributed by atoms with Crippen molar-refractivity contribution >= 4 is 11.8 Å². The van der Waals surface area contributed by atoms with Gasteiger partial charge in [-0.1, -0.05) is 6.07 Å². The molecule has 1 aliphatic heterocycles. The Labute approximate surface area is 190 Å². The van der Waals surface area contributed by atoms with E-state index in [1.165, 1.54) is 12.0 Å². The number of pyridine rings is 1. The van der Waals surface area contributed by atoms with E-state index in [0.717, 1.165) is 36.4 Å². The second kappa shape index (κ2) is 8.77. The van der Waals surface area contributed by atoms with Gasteiger partial charge in [-0.3, -0.25) is 14.6 Å². The summed E-state index contributed by atoms with van der Waals surface area (Å²) in [6.07, 6.45) is 1.70. The lowest BCUT2D eigenvalue weighted by Crippen LogP contribution is -2.44. The fourth-order valence-electron chi connectivity index (χ4n) is 4.53. The zero-order chi connectivity index (χ0) is 23.8. The van der Waals surface area contributed by atoms with Gasteiger partial charge < -0.3 is 15.0 Å². The molecule has 0 spiro atoms. The first kappa shape index (κ1) is 22.6. The Morgan fingerprint density at radius 2 is 2.03 bits per heavy atom. The van der Waals surface area contributed by atoms with Crippen molar-refractivity contribution in [3.05, 3.63) is 58.9 Å². The summed E-state index contributed by atoms with van der Waals surface area (Å²) in [4.78, 5) is 31.7. The van der Waals surface area contributed by atoms with E-state index in [2.05, 4.69) is 10.3 Å². The van der Waals surface area contributed by atoms with Gasteiger partial charge in [-0.05, 0) is 31.9 Å². The number of benzene rings is 1. The van der Waals surface area contributed by atoms with Crippen molar-refractivity contribution in [3.8, 4) is 11.8 Å². The number of carbonyl (C=O) groups is 2. The van der Waals surface area contributed by atoms with Gasteiger partial charge in [-0.25, -0.2) is 8.78 Å². The Morgan fingerprint density at radius 3 is 2.61 bits per heavy atom. The summed E-state index contributed by atoms with van der Waals surface area (Å²) in [6, 6.07) is 8.44. The summed E-state index contributed by atoms with van der Waals surface area (Å²) in [7, 11) is 1.29. The Balaban J connectivity index is 1.58. The molecule has 0 unspecified atom stereocenters. The molecule has 1 saturated heterocycles. The fraction of sp³-hybridized carbons (Fsp3) is 0.417. The first-order valence-corrected chi connectivity index (χ1v) is 10.7. The fourth-order valence-corrected chi connectivity index (χ4v) is 4.53. The van der Waals surface area contributed by atoms with Gasteiger partial charge in [-0.15, -0.1) is 0 Å². The SMILES string of the molecule is COc1cc(F)c([C@@H]2CN(CC#N)C(=O)[C@H]2NC(=O)CC2(c3cccc(C)n3)CC2)c(F)c1. The summed E-state index contributed by atoms with van der Waals surface area (Å²) >= 11 is 0. The van der Waals surface area contributed by atoms with Crippen LogP contribution in [0.15, 0.2) is 30.3 Å². The van der Waals surface area contributed by atoms with Gasteiger partial charge in [0, 0.05) is 53.4 Å². The number of aryl methyl sites for hydroxylation is 1. The van der Waals surface area contributed by atoms with E-state index in [4.69, 9.17) is 10.00 Å². The summed E-state index contributed by atoms with van der Waals surface area (Å²) in [5.74, 6) is -3.65. The van der Waals surface area contributed by atoms with Crippen molar-refractivity contribution in [2.24, 2.45) is 0 Å². The van der Waals surface area contributed by atoms with Gasteiger partial charge in [-0.2, -0.15) is 5.26 Å². The zero-order valence-corrected chi connectivity index (χ0v) is 18.4. The molecule has 9 heteroatoms. The number of carbonyl (C=O) groups excluding carboxylic acids is 2. The highest BCUT2D eigenvalue weighted by Crippen LogP contribution is 2.50. The van der Waals surface area contributed by atoms with Crippen LogP contribution in [0.25, 0.3) is 0 Å². The molecule has 1 saturated carbocycles. The molecule has 33 heavy (non-hydrogen) atoms. The Bertz CT molecular complexity index is 1120. The van der Waals surface area contributed by atoms with Crippen LogP contribution in [0.1, 0.15) is 42.1 Å². The topological polar surface area (TPSA) is 95.3 Å². The predicted octanol–water partition coefficient (Wildman–Crippen LogP) is 2.73. The van der Waals surface area contributed by atoms with E-state index in [0.29, 0.717) is 0 Å². The summed E-state index contributed by atoms with van der Waals surface area (Å²) in [5, 5.41) is 11.8. The molecule has 4 rings (SSSR count). The standard InChI is InChI=1S/C24H24F2N4O3/c1-14-4-3-5-19(28-14)24(6-7-24)12-20(31)29-22-16(13-30(9-8-27)23(22)32)21-17(25)10-15(33-2)11-18(21)26/h3-5,10-11,16,22H,6-7,9,12-13H2,1-2H3,(H,29,31)/t16-,22-/m0/s1. The second-order valence-electron chi connectivity index (χ2n) is 8.65. The highest BCUT2D eigenvalue weighted by Gasteiger charge is 2.49. The number of nitriles is 1. The van der Waals surface area contributed by atoms with Crippen molar-refractivity contribution in [1.29, 1.82) is 5.26 Å². The van der Waals surface area contributed by atoms with Gasteiger partial charge in [0.25, 0.3) is 0 Å². The molecule has 1 aromatic carbocycles. The largest absolute Gasteiger partial charge is 0.497 e. The minimum Gasteiger partial charge on any atom is -0.497 e. The molecular formula is C24H24F2N4O3. The predicted molar refractivity (Wildman–Crippen MR) is 114 cm³/mol. The first-order valence-electron chi connectivity index (χ1n) is 10.7. The maximum Gasteiger partial charge on any atom is 0.246 e. The normalized spacial score (nSPS) is 20.9. The number of hydrogen-bond acceptors (Lipinski definition) is 5. The molecular weight excluding hydrogens is 430 g/mol. The molecule has 0 bridgehead atoms. The van der Waals surface area contributed by atoms with Crippen LogP contribution < -0.4 is 10.1 Å². The van der Waals surface area contributed by atoms with E-state index in [1.54, 1.807) is 0 Å². The number of halogens is 2. The molecule has 2 fully saturated rings. The van der Waals surface area contributed by atoms with E-state index in [9.17, 15) is 18.4 Å². The lowest BCUT2D eigenvalue weighted by Gasteiger charge is -2.22. The van der Waals surface area contributed by atoms with Crippen molar-refractivity contribution < 1.29 is 23.1 Å². The molecule has 2 heterocycles. The van der Waals surface area contributed by atoms with Gasteiger partial charge in [0.2, 0.25) is 11.8 Å². The molecule has 7 nitrogen and oxygen atoms in total. The van der Waals surface area contributed by atoms with Crippen molar-refractivity contribution in [3.63, 3.8) is 0 Å². The molecule has 172 valence electrons. The average Bonchev–Trinajstić information content (AvgIpc) is 3.49. The summed E-state index contributed by atoms with van der Waals surface area (Å²) < 4.78 is 34.5. The monoisotopic (exact) mass is 454 g/mol.